The number of amides is 2. The van der Waals surface area contributed by atoms with Gasteiger partial charge in [0, 0.05) is 17.6 Å². The van der Waals surface area contributed by atoms with Gasteiger partial charge in [-0.3, -0.25) is 0 Å². The molecule has 166 valence electrons. The fourth-order valence-electron chi connectivity index (χ4n) is 4.64. The molecule has 5 rings (SSSR count). The van der Waals surface area contributed by atoms with Crippen molar-refractivity contribution in [3.63, 3.8) is 0 Å². The molecule has 1 N–H and O–H groups in total. The highest BCUT2D eigenvalue weighted by molar-refractivity contribution is 5.90. The second-order valence-electron chi connectivity index (χ2n) is 8.79. The number of carbonyl (C=O) groups excluding carboxylic acids is 1. The van der Waals surface area contributed by atoms with Crippen LogP contribution in [0.5, 0.6) is 0 Å². The highest BCUT2D eigenvalue weighted by atomic mass is 16.2. The van der Waals surface area contributed by atoms with Crippen molar-refractivity contribution in [1.29, 1.82) is 0 Å². The number of para-hydroxylation sites is 1. The highest BCUT2D eigenvalue weighted by Gasteiger charge is 2.33. The van der Waals surface area contributed by atoms with E-state index in [1.165, 1.54) is 11.1 Å². The van der Waals surface area contributed by atoms with Gasteiger partial charge in [-0.05, 0) is 78.4 Å². The standard InChI is InChI=1S/C29H29N3O/c1-4-22-12-14-23(15-13-22)28-27-10-7-17-31(27)26-9-6-5-8-24(26)19-32(28)29(33)30-25-16-11-20(2)21(3)18-25/h5-18,28H,4,19H2,1-3H3,(H,30,33)/t28-/m1/s1. The van der Waals surface area contributed by atoms with Crippen LogP contribution in [0.4, 0.5) is 10.5 Å². The minimum Gasteiger partial charge on any atom is -0.318 e. The van der Waals surface area contributed by atoms with Gasteiger partial charge < -0.3 is 14.8 Å². The molecule has 1 atom stereocenters. The summed E-state index contributed by atoms with van der Waals surface area (Å²) in [7, 11) is 0. The molecule has 1 aliphatic heterocycles. The Balaban J connectivity index is 1.61. The average molecular weight is 436 g/mol. The number of hydrogen-bond acceptors (Lipinski definition) is 1. The number of nitrogens with one attached hydrogen (secondary N) is 1. The zero-order valence-corrected chi connectivity index (χ0v) is 19.4. The average Bonchev–Trinajstić information content (AvgIpc) is 3.26. The lowest BCUT2D eigenvalue weighted by Crippen LogP contribution is -2.38. The van der Waals surface area contributed by atoms with Gasteiger partial charge in [-0.1, -0.05) is 55.5 Å². The molecule has 4 heteroatoms. The van der Waals surface area contributed by atoms with E-state index in [4.69, 9.17) is 0 Å². The van der Waals surface area contributed by atoms with E-state index in [0.717, 1.165) is 40.2 Å². The Hall–Kier alpha value is -3.79. The van der Waals surface area contributed by atoms with Crippen LogP contribution in [0.2, 0.25) is 0 Å². The Morgan fingerprint density at radius 3 is 2.48 bits per heavy atom. The molecule has 0 aliphatic carbocycles. The number of urea groups is 1. The van der Waals surface area contributed by atoms with Crippen molar-refractivity contribution in [3.05, 3.63) is 119 Å². The summed E-state index contributed by atoms with van der Waals surface area (Å²) in [4.78, 5) is 15.7. The molecule has 2 heterocycles. The summed E-state index contributed by atoms with van der Waals surface area (Å²) in [5.74, 6) is 0. The summed E-state index contributed by atoms with van der Waals surface area (Å²) in [5.41, 5.74) is 8.91. The number of fused-ring (bicyclic) bond motifs is 3. The topological polar surface area (TPSA) is 37.3 Å². The van der Waals surface area contributed by atoms with E-state index in [2.05, 4.69) is 97.5 Å². The second-order valence-corrected chi connectivity index (χ2v) is 8.79. The molecule has 1 aliphatic rings. The van der Waals surface area contributed by atoms with E-state index in [1.54, 1.807) is 0 Å². The first-order valence-corrected chi connectivity index (χ1v) is 11.5. The highest BCUT2D eigenvalue weighted by Crippen LogP contribution is 2.37. The molecule has 0 saturated heterocycles. The van der Waals surface area contributed by atoms with Crippen molar-refractivity contribution in [2.45, 2.75) is 39.8 Å². The van der Waals surface area contributed by atoms with E-state index in [1.807, 2.05) is 23.1 Å². The molecule has 4 nitrogen and oxygen atoms in total. The van der Waals surface area contributed by atoms with E-state index in [0.29, 0.717) is 6.54 Å². The maximum Gasteiger partial charge on any atom is 0.322 e. The number of aryl methyl sites for hydroxylation is 3. The fraction of sp³-hybridized carbons (Fsp3) is 0.207. The zero-order chi connectivity index (χ0) is 22.9. The molecular formula is C29H29N3O. The maximum atomic E-state index is 13.8. The van der Waals surface area contributed by atoms with Gasteiger partial charge in [-0.2, -0.15) is 0 Å². The smallest absolute Gasteiger partial charge is 0.318 e. The summed E-state index contributed by atoms with van der Waals surface area (Å²) < 4.78 is 2.22. The molecule has 2 amide bonds. The third-order valence-corrected chi connectivity index (χ3v) is 6.69. The predicted octanol–water partition coefficient (Wildman–Crippen LogP) is 6.79. The van der Waals surface area contributed by atoms with Gasteiger partial charge >= 0.3 is 6.03 Å². The van der Waals surface area contributed by atoms with Gasteiger partial charge in [0.1, 0.15) is 0 Å². The molecule has 33 heavy (non-hydrogen) atoms. The summed E-state index contributed by atoms with van der Waals surface area (Å²) >= 11 is 0. The van der Waals surface area contributed by atoms with Gasteiger partial charge in [0.05, 0.1) is 18.3 Å². The maximum absolute atomic E-state index is 13.8. The van der Waals surface area contributed by atoms with E-state index in [-0.39, 0.29) is 12.1 Å². The molecule has 0 unspecified atom stereocenters. The van der Waals surface area contributed by atoms with Crippen molar-refractivity contribution in [3.8, 4) is 5.69 Å². The summed E-state index contributed by atoms with van der Waals surface area (Å²) in [6, 6.07) is 26.9. The zero-order valence-electron chi connectivity index (χ0n) is 19.4. The molecule has 1 aromatic heterocycles. The van der Waals surface area contributed by atoms with E-state index < -0.39 is 0 Å². The van der Waals surface area contributed by atoms with Crippen LogP contribution in [0.1, 0.15) is 46.5 Å². The lowest BCUT2D eigenvalue weighted by atomic mass is 10.00. The number of rotatable bonds is 3. The van der Waals surface area contributed by atoms with Crippen LogP contribution >= 0.6 is 0 Å². The van der Waals surface area contributed by atoms with Gasteiger partial charge in [-0.25, -0.2) is 4.79 Å². The van der Waals surface area contributed by atoms with Gasteiger partial charge in [0.25, 0.3) is 0 Å². The summed E-state index contributed by atoms with van der Waals surface area (Å²) in [6.07, 6.45) is 3.08. The van der Waals surface area contributed by atoms with Gasteiger partial charge in [0.2, 0.25) is 0 Å². The number of hydrogen-bond donors (Lipinski definition) is 1. The van der Waals surface area contributed by atoms with Crippen LogP contribution < -0.4 is 5.32 Å². The molecule has 0 spiro atoms. The summed E-state index contributed by atoms with van der Waals surface area (Å²) in [6.45, 7) is 6.83. The molecule has 0 saturated carbocycles. The molecule has 4 aromatic rings. The minimum atomic E-state index is -0.204. The lowest BCUT2D eigenvalue weighted by molar-refractivity contribution is 0.194. The van der Waals surface area contributed by atoms with Gasteiger partial charge in [-0.15, -0.1) is 0 Å². The number of anilines is 1. The quantitative estimate of drug-likeness (QED) is 0.378. The third-order valence-electron chi connectivity index (χ3n) is 6.69. The van der Waals surface area contributed by atoms with Crippen molar-refractivity contribution in [2.75, 3.05) is 5.32 Å². The first-order chi connectivity index (χ1) is 16.0. The van der Waals surface area contributed by atoms with Gasteiger partial charge in [0.15, 0.2) is 0 Å². The van der Waals surface area contributed by atoms with Crippen LogP contribution in [-0.4, -0.2) is 15.5 Å². The second kappa shape index (κ2) is 8.62. The largest absolute Gasteiger partial charge is 0.322 e. The van der Waals surface area contributed by atoms with Crippen molar-refractivity contribution in [1.82, 2.24) is 9.47 Å². The first kappa shape index (κ1) is 21.1. The van der Waals surface area contributed by atoms with Crippen molar-refractivity contribution >= 4 is 11.7 Å². The molecule has 0 radical (unpaired) electrons. The van der Waals surface area contributed by atoms with Crippen LogP contribution in [0.3, 0.4) is 0 Å². The monoisotopic (exact) mass is 435 g/mol. The Kier molecular flexibility index (Phi) is 5.51. The Labute approximate surface area is 195 Å². The van der Waals surface area contributed by atoms with Crippen LogP contribution in [0.25, 0.3) is 5.69 Å². The van der Waals surface area contributed by atoms with E-state index in [9.17, 15) is 4.79 Å². The molecule has 0 bridgehead atoms. The van der Waals surface area contributed by atoms with Crippen molar-refractivity contribution in [2.24, 2.45) is 0 Å². The van der Waals surface area contributed by atoms with Crippen LogP contribution in [-0.2, 0) is 13.0 Å². The third kappa shape index (κ3) is 3.93. The number of benzene rings is 3. The van der Waals surface area contributed by atoms with Crippen LogP contribution in [0, 0.1) is 13.8 Å². The Bertz CT molecular complexity index is 1300. The molecule has 3 aromatic carbocycles. The SMILES string of the molecule is CCc1ccc([C@@H]2c3cccn3-c3ccccc3CN2C(=O)Nc2ccc(C)c(C)c2)cc1. The normalized spacial score (nSPS) is 14.9. The first-order valence-electron chi connectivity index (χ1n) is 11.5. The van der Waals surface area contributed by atoms with Crippen LogP contribution in [0.15, 0.2) is 85.1 Å². The fourth-order valence-corrected chi connectivity index (χ4v) is 4.64. The Morgan fingerprint density at radius 2 is 1.73 bits per heavy atom. The number of aromatic nitrogens is 1. The Morgan fingerprint density at radius 1 is 0.939 bits per heavy atom. The van der Waals surface area contributed by atoms with E-state index >= 15 is 0 Å². The lowest BCUT2D eigenvalue weighted by Gasteiger charge is -2.31. The molecular weight excluding hydrogens is 406 g/mol. The summed E-state index contributed by atoms with van der Waals surface area (Å²) in [5, 5.41) is 3.16. The van der Waals surface area contributed by atoms with Crippen molar-refractivity contribution < 1.29 is 4.79 Å². The number of nitrogens with zero attached hydrogens (tertiary/aromatic N) is 2. The minimum absolute atomic E-state index is 0.104. The molecule has 0 fully saturated rings. The predicted molar refractivity (Wildman–Crippen MR) is 134 cm³/mol. The number of carbonyl (C=O) groups is 1.